The fourth-order valence-electron chi connectivity index (χ4n) is 1.46. The minimum Gasteiger partial charge on any atom is -0.425 e. The van der Waals surface area contributed by atoms with Crippen molar-refractivity contribution in [1.29, 1.82) is 0 Å². The van der Waals surface area contributed by atoms with Crippen molar-refractivity contribution in [2.75, 3.05) is 0 Å². The Morgan fingerprint density at radius 1 is 1.46 bits per heavy atom. The number of ether oxygens (including phenoxy) is 1. The number of rotatable bonds is 3. The van der Waals surface area contributed by atoms with E-state index in [0.717, 1.165) is 12.8 Å². The molecule has 3 heteroatoms. The Balaban J connectivity index is 2.07. The van der Waals surface area contributed by atoms with Gasteiger partial charge in [0.05, 0.1) is 6.10 Å². The Hall–Kier alpha value is -1.09. The third-order valence-electron chi connectivity index (χ3n) is 2.15. The molecule has 1 fully saturated rings. The fraction of sp³-hybridized carbons (Fsp3) is 0.500. The molecule has 1 aliphatic rings. The van der Waals surface area contributed by atoms with Crippen LogP contribution < -0.4 is 5.63 Å². The molecule has 0 bridgehead atoms. The van der Waals surface area contributed by atoms with Gasteiger partial charge in [0.1, 0.15) is 11.9 Å². The normalized spacial score (nSPS) is 25.9. The molecular formula is C10H12O3. The van der Waals surface area contributed by atoms with E-state index in [1.54, 1.807) is 12.1 Å². The van der Waals surface area contributed by atoms with Crippen LogP contribution in [0, 0.1) is 0 Å². The summed E-state index contributed by atoms with van der Waals surface area (Å²) in [6, 6.07) is 4.90. The molecule has 0 N–H and O–H groups in total. The predicted octanol–water partition coefficient (Wildman–Crippen LogP) is 1.88. The first kappa shape index (κ1) is 8.51. The summed E-state index contributed by atoms with van der Waals surface area (Å²) < 4.78 is 10.4. The van der Waals surface area contributed by atoms with Crippen LogP contribution in [0.3, 0.4) is 0 Å². The van der Waals surface area contributed by atoms with Crippen molar-refractivity contribution in [1.82, 2.24) is 0 Å². The van der Waals surface area contributed by atoms with Crippen LogP contribution in [0.15, 0.2) is 27.4 Å². The second-order valence-electron chi connectivity index (χ2n) is 3.23. The molecule has 0 radical (unpaired) electrons. The van der Waals surface area contributed by atoms with Gasteiger partial charge in [0, 0.05) is 6.07 Å². The lowest BCUT2D eigenvalue weighted by molar-refractivity contribution is 0.333. The second kappa shape index (κ2) is 3.34. The number of hydrogen-bond donors (Lipinski definition) is 0. The summed E-state index contributed by atoms with van der Waals surface area (Å²) in [6.07, 6.45) is 2.41. The highest BCUT2D eigenvalue weighted by Gasteiger charge is 2.41. The Morgan fingerprint density at radius 3 is 3.00 bits per heavy atom. The molecule has 70 valence electrons. The van der Waals surface area contributed by atoms with E-state index >= 15 is 0 Å². The molecule has 1 saturated heterocycles. The van der Waals surface area contributed by atoms with Crippen molar-refractivity contribution in [3.63, 3.8) is 0 Å². The molecule has 0 spiro atoms. The third-order valence-corrected chi connectivity index (χ3v) is 2.15. The number of epoxide rings is 1. The van der Waals surface area contributed by atoms with Crippen LogP contribution >= 0.6 is 0 Å². The van der Waals surface area contributed by atoms with Crippen molar-refractivity contribution in [3.05, 3.63) is 34.4 Å². The average Bonchev–Trinajstić information content (AvgIpc) is 2.85. The Kier molecular flexibility index (Phi) is 2.19. The topological polar surface area (TPSA) is 42.7 Å². The van der Waals surface area contributed by atoms with E-state index in [9.17, 15) is 4.79 Å². The van der Waals surface area contributed by atoms with Gasteiger partial charge in [-0.05, 0) is 12.5 Å². The van der Waals surface area contributed by atoms with Gasteiger partial charge in [-0.3, -0.25) is 0 Å². The van der Waals surface area contributed by atoms with Gasteiger partial charge < -0.3 is 9.15 Å². The SMILES string of the molecule is CCC[C@@H]1O[C@H]1c1cccc(=O)o1. The van der Waals surface area contributed by atoms with Crippen LogP contribution in [0.5, 0.6) is 0 Å². The summed E-state index contributed by atoms with van der Waals surface area (Å²) in [4.78, 5) is 10.9. The Bertz CT molecular complexity index is 342. The first-order valence-corrected chi connectivity index (χ1v) is 4.57. The van der Waals surface area contributed by atoms with Crippen LogP contribution in [0.25, 0.3) is 0 Å². The molecular weight excluding hydrogens is 168 g/mol. The Morgan fingerprint density at radius 2 is 2.31 bits per heavy atom. The molecule has 0 saturated carbocycles. The van der Waals surface area contributed by atoms with Crippen molar-refractivity contribution in [3.8, 4) is 0 Å². The van der Waals surface area contributed by atoms with Crippen molar-refractivity contribution >= 4 is 0 Å². The first-order chi connectivity index (χ1) is 6.31. The van der Waals surface area contributed by atoms with E-state index in [2.05, 4.69) is 6.92 Å². The standard InChI is InChI=1S/C10H12O3/c1-2-4-7-10(13-7)8-5-3-6-9(11)12-8/h3,5-7,10H,2,4H2,1H3/t7-,10+/m0/s1. The summed E-state index contributed by atoms with van der Waals surface area (Å²) in [6.45, 7) is 2.11. The first-order valence-electron chi connectivity index (χ1n) is 4.57. The summed E-state index contributed by atoms with van der Waals surface area (Å²) in [5.74, 6) is 0.658. The van der Waals surface area contributed by atoms with Crippen molar-refractivity contribution < 1.29 is 9.15 Å². The maximum atomic E-state index is 10.9. The van der Waals surface area contributed by atoms with Gasteiger partial charge in [0.2, 0.25) is 0 Å². The van der Waals surface area contributed by atoms with Crippen molar-refractivity contribution in [2.24, 2.45) is 0 Å². The van der Waals surface area contributed by atoms with Crippen LogP contribution in [-0.2, 0) is 4.74 Å². The summed E-state index contributed by atoms with van der Waals surface area (Å²) in [5, 5.41) is 0. The molecule has 13 heavy (non-hydrogen) atoms. The second-order valence-corrected chi connectivity index (χ2v) is 3.23. The summed E-state index contributed by atoms with van der Waals surface area (Å²) >= 11 is 0. The van der Waals surface area contributed by atoms with Gasteiger partial charge in [-0.25, -0.2) is 4.79 Å². The molecule has 0 aromatic carbocycles. The lowest BCUT2D eigenvalue weighted by Gasteiger charge is -1.92. The van der Waals surface area contributed by atoms with Crippen LogP contribution in [0.2, 0.25) is 0 Å². The maximum absolute atomic E-state index is 10.9. The molecule has 0 aliphatic carbocycles. The predicted molar refractivity (Wildman–Crippen MR) is 47.5 cm³/mol. The third kappa shape index (κ3) is 1.80. The molecule has 2 atom stereocenters. The van der Waals surface area contributed by atoms with Gasteiger partial charge in [0.15, 0.2) is 0 Å². The summed E-state index contributed by atoms with van der Waals surface area (Å²) in [7, 11) is 0. The molecule has 3 nitrogen and oxygen atoms in total. The summed E-state index contributed by atoms with van der Waals surface area (Å²) in [5.41, 5.74) is -0.303. The van der Waals surface area contributed by atoms with E-state index in [0.29, 0.717) is 5.76 Å². The molecule has 2 rings (SSSR count). The van der Waals surface area contributed by atoms with Gasteiger partial charge >= 0.3 is 5.63 Å². The van der Waals surface area contributed by atoms with E-state index < -0.39 is 0 Å². The van der Waals surface area contributed by atoms with Gasteiger partial charge in [-0.15, -0.1) is 0 Å². The highest BCUT2D eigenvalue weighted by Crippen LogP contribution is 2.40. The maximum Gasteiger partial charge on any atom is 0.335 e. The minimum atomic E-state index is -0.303. The van der Waals surface area contributed by atoms with E-state index in [4.69, 9.17) is 9.15 Å². The monoisotopic (exact) mass is 180 g/mol. The highest BCUT2D eigenvalue weighted by molar-refractivity contribution is 5.09. The van der Waals surface area contributed by atoms with E-state index in [-0.39, 0.29) is 17.8 Å². The molecule has 1 aromatic rings. The number of hydrogen-bond acceptors (Lipinski definition) is 3. The molecule has 1 aliphatic heterocycles. The largest absolute Gasteiger partial charge is 0.425 e. The lowest BCUT2D eigenvalue weighted by atomic mass is 10.2. The quantitative estimate of drug-likeness (QED) is 0.667. The zero-order chi connectivity index (χ0) is 9.26. The molecule has 0 unspecified atom stereocenters. The Labute approximate surface area is 76.3 Å². The average molecular weight is 180 g/mol. The van der Waals surface area contributed by atoms with Crippen molar-refractivity contribution in [2.45, 2.75) is 32.0 Å². The zero-order valence-corrected chi connectivity index (χ0v) is 7.53. The van der Waals surface area contributed by atoms with Gasteiger partial charge in [-0.2, -0.15) is 0 Å². The molecule has 2 heterocycles. The highest BCUT2D eigenvalue weighted by atomic mass is 16.6. The van der Waals surface area contributed by atoms with Gasteiger partial charge in [0.25, 0.3) is 0 Å². The fourth-order valence-corrected chi connectivity index (χ4v) is 1.46. The van der Waals surface area contributed by atoms with Crippen LogP contribution in [-0.4, -0.2) is 6.10 Å². The van der Waals surface area contributed by atoms with Crippen LogP contribution in [0.1, 0.15) is 31.6 Å². The van der Waals surface area contributed by atoms with Crippen LogP contribution in [0.4, 0.5) is 0 Å². The zero-order valence-electron chi connectivity index (χ0n) is 7.53. The lowest BCUT2D eigenvalue weighted by Crippen LogP contribution is -1.98. The molecule has 0 amide bonds. The van der Waals surface area contributed by atoms with E-state index in [1.807, 2.05) is 0 Å². The minimum absolute atomic E-state index is 0.0221. The molecule has 1 aromatic heterocycles. The van der Waals surface area contributed by atoms with E-state index in [1.165, 1.54) is 6.07 Å². The van der Waals surface area contributed by atoms with Gasteiger partial charge in [-0.1, -0.05) is 19.4 Å². The smallest absolute Gasteiger partial charge is 0.335 e.